The molecule has 1 rings (SSSR count). The minimum absolute atomic E-state index is 0.0526. The van der Waals surface area contributed by atoms with Gasteiger partial charge in [-0.15, -0.1) is 0 Å². The van der Waals surface area contributed by atoms with Crippen LogP contribution in [-0.4, -0.2) is 17.4 Å². The molecule has 0 aromatic heterocycles. The predicted molar refractivity (Wildman–Crippen MR) is 42.1 cm³/mol. The maximum Gasteiger partial charge on any atom is 0.306 e. The smallest absolute Gasteiger partial charge is 0.306 e. The third kappa shape index (κ3) is 1.97. The zero-order valence-electron chi connectivity index (χ0n) is 5.97. The Balaban J connectivity index is 2.42. The first-order valence-electron chi connectivity index (χ1n) is 3.48. The van der Waals surface area contributed by atoms with Crippen LogP contribution in [-0.2, 0) is 9.53 Å². The third-order valence-electron chi connectivity index (χ3n) is 1.65. The zero-order valence-corrected chi connectivity index (χ0v) is 7.56. The van der Waals surface area contributed by atoms with E-state index in [2.05, 4.69) is 22.9 Å². The molecule has 2 unspecified atom stereocenters. The van der Waals surface area contributed by atoms with Crippen molar-refractivity contribution in [1.82, 2.24) is 0 Å². The highest BCUT2D eigenvalue weighted by molar-refractivity contribution is 9.09. The van der Waals surface area contributed by atoms with Crippen LogP contribution < -0.4 is 0 Å². The molecule has 0 aromatic carbocycles. The van der Waals surface area contributed by atoms with Gasteiger partial charge in [0.1, 0.15) is 6.10 Å². The summed E-state index contributed by atoms with van der Waals surface area (Å²) in [6.45, 7) is 2.08. The minimum atomic E-state index is -0.0526. The van der Waals surface area contributed by atoms with Gasteiger partial charge in [0.2, 0.25) is 0 Å². The standard InChI is InChI=1S/C7H11BrO2/c1-5-2-6(4-8)10-7(9)3-5/h5-6H,2-4H2,1H3. The molecule has 0 aliphatic carbocycles. The summed E-state index contributed by atoms with van der Waals surface area (Å²) in [5.74, 6) is 0.437. The van der Waals surface area contributed by atoms with E-state index in [9.17, 15) is 4.79 Å². The van der Waals surface area contributed by atoms with Gasteiger partial charge in [-0.3, -0.25) is 4.79 Å². The van der Waals surface area contributed by atoms with Gasteiger partial charge >= 0.3 is 5.97 Å². The summed E-state index contributed by atoms with van der Waals surface area (Å²) < 4.78 is 5.02. The number of hydrogen-bond donors (Lipinski definition) is 0. The molecule has 2 atom stereocenters. The summed E-state index contributed by atoms with van der Waals surface area (Å²) in [5, 5.41) is 0.767. The molecule has 1 saturated heterocycles. The maximum atomic E-state index is 10.8. The number of esters is 1. The minimum Gasteiger partial charge on any atom is -0.461 e. The molecule has 0 bridgehead atoms. The zero-order chi connectivity index (χ0) is 7.56. The molecular weight excluding hydrogens is 196 g/mol. The van der Waals surface area contributed by atoms with Crippen molar-refractivity contribution in [2.24, 2.45) is 5.92 Å². The predicted octanol–water partition coefficient (Wildman–Crippen LogP) is 1.72. The summed E-state index contributed by atoms with van der Waals surface area (Å²) >= 11 is 3.29. The van der Waals surface area contributed by atoms with Crippen LogP contribution in [0.5, 0.6) is 0 Å². The lowest BCUT2D eigenvalue weighted by atomic mass is 9.98. The molecule has 1 aliphatic rings. The molecule has 2 nitrogen and oxygen atoms in total. The first-order valence-corrected chi connectivity index (χ1v) is 4.60. The van der Waals surface area contributed by atoms with Gasteiger partial charge in [0.25, 0.3) is 0 Å². The lowest BCUT2D eigenvalue weighted by Gasteiger charge is -2.24. The molecule has 0 spiro atoms. The molecule has 0 saturated carbocycles. The maximum absolute atomic E-state index is 10.8. The fraction of sp³-hybridized carbons (Fsp3) is 0.857. The molecule has 0 amide bonds. The number of hydrogen-bond acceptors (Lipinski definition) is 2. The van der Waals surface area contributed by atoms with Crippen LogP contribution in [0.15, 0.2) is 0 Å². The largest absolute Gasteiger partial charge is 0.461 e. The Bertz CT molecular complexity index is 136. The SMILES string of the molecule is CC1CC(=O)OC(CBr)C1. The Hall–Kier alpha value is -0.0500. The number of ether oxygens (including phenoxy) is 1. The molecule has 1 fully saturated rings. The molecule has 1 aliphatic heterocycles. The lowest BCUT2D eigenvalue weighted by Crippen LogP contribution is -2.29. The molecule has 0 aromatic rings. The van der Waals surface area contributed by atoms with Crippen molar-refractivity contribution >= 4 is 21.9 Å². The van der Waals surface area contributed by atoms with E-state index in [0.717, 1.165) is 11.8 Å². The third-order valence-corrected chi connectivity index (χ3v) is 2.37. The number of carbonyl (C=O) groups is 1. The van der Waals surface area contributed by atoms with Crippen molar-refractivity contribution in [3.8, 4) is 0 Å². The average Bonchev–Trinajstić information content (AvgIpc) is 1.85. The molecule has 0 radical (unpaired) electrons. The average molecular weight is 207 g/mol. The lowest BCUT2D eigenvalue weighted by molar-refractivity contribution is -0.154. The molecule has 10 heavy (non-hydrogen) atoms. The molecule has 1 heterocycles. The van der Waals surface area contributed by atoms with Crippen molar-refractivity contribution in [3.05, 3.63) is 0 Å². The number of halogens is 1. The van der Waals surface area contributed by atoms with Crippen LogP contribution in [0.25, 0.3) is 0 Å². The van der Waals surface area contributed by atoms with Gasteiger partial charge in [0.05, 0.1) is 0 Å². The van der Waals surface area contributed by atoms with Gasteiger partial charge in [0.15, 0.2) is 0 Å². The van der Waals surface area contributed by atoms with Gasteiger partial charge in [-0.2, -0.15) is 0 Å². The monoisotopic (exact) mass is 206 g/mol. The summed E-state index contributed by atoms with van der Waals surface area (Å²) in [5.41, 5.74) is 0. The second-order valence-electron chi connectivity index (χ2n) is 2.81. The topological polar surface area (TPSA) is 26.3 Å². The Labute approximate surface area is 69.1 Å². The number of rotatable bonds is 1. The normalized spacial score (nSPS) is 33.6. The van der Waals surface area contributed by atoms with Crippen LogP contribution in [0, 0.1) is 5.92 Å². The van der Waals surface area contributed by atoms with Crippen LogP contribution >= 0.6 is 15.9 Å². The van der Waals surface area contributed by atoms with E-state index in [4.69, 9.17) is 4.74 Å². The van der Waals surface area contributed by atoms with Crippen LogP contribution in [0.4, 0.5) is 0 Å². The summed E-state index contributed by atoms with van der Waals surface area (Å²) in [6, 6.07) is 0. The van der Waals surface area contributed by atoms with E-state index in [1.54, 1.807) is 0 Å². The van der Waals surface area contributed by atoms with E-state index in [0.29, 0.717) is 12.3 Å². The summed E-state index contributed by atoms with van der Waals surface area (Å²) in [6.07, 6.45) is 1.69. The second-order valence-corrected chi connectivity index (χ2v) is 3.46. The van der Waals surface area contributed by atoms with Crippen molar-refractivity contribution < 1.29 is 9.53 Å². The van der Waals surface area contributed by atoms with E-state index in [-0.39, 0.29) is 12.1 Å². The Kier molecular flexibility index (Phi) is 2.72. The van der Waals surface area contributed by atoms with E-state index in [1.165, 1.54) is 0 Å². The quantitative estimate of drug-likeness (QED) is 0.483. The van der Waals surface area contributed by atoms with Crippen LogP contribution in [0.2, 0.25) is 0 Å². The highest BCUT2D eigenvalue weighted by atomic mass is 79.9. The van der Waals surface area contributed by atoms with Crippen molar-refractivity contribution in [2.45, 2.75) is 25.9 Å². The Morgan fingerprint density at radius 3 is 3.00 bits per heavy atom. The van der Waals surface area contributed by atoms with Crippen molar-refractivity contribution in [1.29, 1.82) is 0 Å². The molecular formula is C7H11BrO2. The summed E-state index contributed by atoms with van der Waals surface area (Å²) in [4.78, 5) is 10.8. The van der Waals surface area contributed by atoms with Gasteiger partial charge in [0, 0.05) is 11.8 Å². The highest BCUT2D eigenvalue weighted by Crippen LogP contribution is 2.21. The van der Waals surface area contributed by atoms with Gasteiger partial charge < -0.3 is 4.74 Å². The molecule has 58 valence electrons. The van der Waals surface area contributed by atoms with Crippen molar-refractivity contribution in [3.63, 3.8) is 0 Å². The second kappa shape index (κ2) is 3.37. The van der Waals surface area contributed by atoms with Gasteiger partial charge in [-0.25, -0.2) is 0 Å². The Morgan fingerprint density at radius 1 is 1.80 bits per heavy atom. The van der Waals surface area contributed by atoms with E-state index < -0.39 is 0 Å². The number of cyclic esters (lactones) is 1. The van der Waals surface area contributed by atoms with Crippen molar-refractivity contribution in [2.75, 3.05) is 5.33 Å². The van der Waals surface area contributed by atoms with E-state index >= 15 is 0 Å². The number of carbonyl (C=O) groups excluding carboxylic acids is 1. The van der Waals surface area contributed by atoms with Crippen LogP contribution in [0.3, 0.4) is 0 Å². The molecule has 3 heteroatoms. The fourth-order valence-corrected chi connectivity index (χ4v) is 1.59. The van der Waals surface area contributed by atoms with Gasteiger partial charge in [-0.05, 0) is 12.3 Å². The first-order chi connectivity index (χ1) is 4.72. The highest BCUT2D eigenvalue weighted by Gasteiger charge is 2.24. The van der Waals surface area contributed by atoms with Gasteiger partial charge in [-0.1, -0.05) is 22.9 Å². The van der Waals surface area contributed by atoms with Crippen LogP contribution in [0.1, 0.15) is 19.8 Å². The van der Waals surface area contributed by atoms with E-state index in [1.807, 2.05) is 0 Å². The molecule has 0 N–H and O–H groups in total. The Morgan fingerprint density at radius 2 is 2.50 bits per heavy atom. The summed E-state index contributed by atoms with van der Waals surface area (Å²) in [7, 11) is 0. The number of alkyl halides is 1. The fourth-order valence-electron chi connectivity index (χ4n) is 1.19. The first kappa shape index (κ1) is 8.05.